The zero-order chi connectivity index (χ0) is 20.2. The van der Waals surface area contributed by atoms with Crippen LogP contribution in [-0.2, 0) is 0 Å². The van der Waals surface area contributed by atoms with Crippen molar-refractivity contribution in [3.05, 3.63) is 60.3 Å². The average molecular weight is 393 g/mol. The maximum atomic E-state index is 12.5. The van der Waals surface area contributed by atoms with Crippen molar-refractivity contribution in [2.24, 2.45) is 0 Å². The molecule has 4 rings (SSSR count). The smallest absolute Gasteiger partial charge is 0.335 e. The van der Waals surface area contributed by atoms with Gasteiger partial charge in [-0.05, 0) is 36.8 Å². The van der Waals surface area contributed by atoms with Crippen molar-refractivity contribution in [1.29, 1.82) is 0 Å². The van der Waals surface area contributed by atoms with Crippen molar-refractivity contribution in [3.8, 4) is 11.4 Å². The summed E-state index contributed by atoms with van der Waals surface area (Å²) in [5, 5.41) is 9.18. The molecular formula is C20H19N5O4. The van der Waals surface area contributed by atoms with Gasteiger partial charge in [0.25, 0.3) is 5.91 Å². The fraction of sp³-hybridized carbons (Fsp3) is 0.250. The van der Waals surface area contributed by atoms with E-state index >= 15 is 0 Å². The molecule has 1 saturated heterocycles. The highest BCUT2D eigenvalue weighted by molar-refractivity contribution is 5.91. The van der Waals surface area contributed by atoms with Crippen molar-refractivity contribution in [3.63, 3.8) is 0 Å². The van der Waals surface area contributed by atoms with Crippen molar-refractivity contribution >= 4 is 17.8 Å². The number of furan rings is 1. The van der Waals surface area contributed by atoms with Crippen LogP contribution in [0.3, 0.4) is 0 Å². The lowest BCUT2D eigenvalue weighted by Crippen LogP contribution is -2.35. The topological polar surface area (TPSA) is 113 Å². The first-order chi connectivity index (χ1) is 14.1. The highest BCUT2D eigenvalue weighted by Crippen LogP contribution is 2.19. The third-order valence-electron chi connectivity index (χ3n) is 4.71. The van der Waals surface area contributed by atoms with E-state index < -0.39 is 5.97 Å². The van der Waals surface area contributed by atoms with Crippen LogP contribution in [0.4, 0.5) is 5.95 Å². The Morgan fingerprint density at radius 2 is 1.86 bits per heavy atom. The molecule has 0 unspecified atom stereocenters. The van der Waals surface area contributed by atoms with E-state index in [4.69, 9.17) is 4.42 Å². The molecule has 0 saturated carbocycles. The van der Waals surface area contributed by atoms with E-state index in [2.05, 4.69) is 15.0 Å². The van der Waals surface area contributed by atoms with Gasteiger partial charge in [0.1, 0.15) is 0 Å². The zero-order valence-electron chi connectivity index (χ0n) is 15.6. The summed E-state index contributed by atoms with van der Waals surface area (Å²) in [6.45, 7) is 2.43. The molecule has 1 N–H and O–H groups in total. The molecule has 0 spiro atoms. The number of carbonyl (C=O) groups excluding carboxylic acids is 1. The predicted octanol–water partition coefficient (Wildman–Crippen LogP) is 2.18. The molecule has 9 heteroatoms. The normalized spacial score (nSPS) is 14.5. The van der Waals surface area contributed by atoms with Crippen molar-refractivity contribution < 1.29 is 19.1 Å². The SMILES string of the molecule is O=C(O)c1ccnc(-c2ccnc(N3CCCN(C(=O)c4ccco4)CC3)n2)c1. The summed E-state index contributed by atoms with van der Waals surface area (Å²) < 4.78 is 5.21. The van der Waals surface area contributed by atoms with Crippen LogP contribution in [0.25, 0.3) is 11.4 Å². The number of pyridine rings is 1. The number of hydrogen-bond acceptors (Lipinski definition) is 7. The molecule has 1 amide bonds. The van der Waals surface area contributed by atoms with Gasteiger partial charge in [0, 0.05) is 38.6 Å². The molecule has 1 fully saturated rings. The van der Waals surface area contributed by atoms with Crippen LogP contribution < -0.4 is 4.90 Å². The number of carbonyl (C=O) groups is 2. The molecule has 0 aromatic carbocycles. The van der Waals surface area contributed by atoms with Crippen molar-refractivity contribution in [2.75, 3.05) is 31.1 Å². The lowest BCUT2D eigenvalue weighted by atomic mass is 10.2. The number of aromatic nitrogens is 3. The van der Waals surface area contributed by atoms with Gasteiger partial charge in [0.05, 0.1) is 23.2 Å². The number of nitrogens with zero attached hydrogens (tertiary/aromatic N) is 5. The molecule has 4 heterocycles. The number of carboxylic acid groups (broad SMARTS) is 1. The minimum atomic E-state index is -1.02. The molecule has 0 bridgehead atoms. The summed E-state index contributed by atoms with van der Waals surface area (Å²) in [6.07, 6.45) is 5.34. The number of carboxylic acids is 1. The fourth-order valence-corrected chi connectivity index (χ4v) is 3.22. The molecule has 3 aromatic rings. The van der Waals surface area contributed by atoms with Gasteiger partial charge in [0.15, 0.2) is 5.76 Å². The molecule has 3 aromatic heterocycles. The van der Waals surface area contributed by atoms with Gasteiger partial charge in [-0.2, -0.15) is 0 Å². The van der Waals surface area contributed by atoms with Crippen LogP contribution in [0.1, 0.15) is 27.3 Å². The minimum Gasteiger partial charge on any atom is -0.478 e. The molecule has 0 aliphatic carbocycles. The molecule has 9 nitrogen and oxygen atoms in total. The summed E-state index contributed by atoms with van der Waals surface area (Å²) in [5.41, 5.74) is 1.17. The van der Waals surface area contributed by atoms with Gasteiger partial charge >= 0.3 is 5.97 Å². The Labute approximate surface area is 166 Å². The van der Waals surface area contributed by atoms with E-state index in [-0.39, 0.29) is 11.5 Å². The predicted molar refractivity (Wildman–Crippen MR) is 104 cm³/mol. The molecule has 0 atom stereocenters. The van der Waals surface area contributed by atoms with E-state index in [0.717, 1.165) is 6.42 Å². The fourth-order valence-electron chi connectivity index (χ4n) is 3.22. The highest BCUT2D eigenvalue weighted by atomic mass is 16.4. The Bertz CT molecular complexity index is 1020. The Hall–Kier alpha value is -3.75. The third-order valence-corrected chi connectivity index (χ3v) is 4.71. The van der Waals surface area contributed by atoms with Gasteiger partial charge in [-0.3, -0.25) is 9.78 Å². The number of aromatic carboxylic acids is 1. The van der Waals surface area contributed by atoms with Gasteiger partial charge in [-0.15, -0.1) is 0 Å². The third kappa shape index (κ3) is 4.08. The second-order valence-corrected chi connectivity index (χ2v) is 6.59. The van der Waals surface area contributed by atoms with Gasteiger partial charge in [-0.1, -0.05) is 0 Å². The van der Waals surface area contributed by atoms with E-state index in [1.807, 2.05) is 4.90 Å². The molecule has 148 valence electrons. The van der Waals surface area contributed by atoms with Crippen molar-refractivity contribution in [2.45, 2.75) is 6.42 Å². The van der Waals surface area contributed by atoms with Crippen LogP contribution in [-0.4, -0.2) is 63.0 Å². The summed E-state index contributed by atoms with van der Waals surface area (Å²) >= 11 is 0. The van der Waals surface area contributed by atoms with Crippen LogP contribution in [0.2, 0.25) is 0 Å². The maximum absolute atomic E-state index is 12.5. The Morgan fingerprint density at radius 3 is 2.66 bits per heavy atom. The molecule has 1 aliphatic heterocycles. The van der Waals surface area contributed by atoms with Gasteiger partial charge in [-0.25, -0.2) is 14.8 Å². The lowest BCUT2D eigenvalue weighted by molar-refractivity contribution is 0.0695. The first-order valence-electron chi connectivity index (χ1n) is 9.22. The van der Waals surface area contributed by atoms with Crippen LogP contribution in [0.5, 0.6) is 0 Å². The van der Waals surface area contributed by atoms with Crippen LogP contribution in [0, 0.1) is 0 Å². The van der Waals surface area contributed by atoms with E-state index in [1.165, 1.54) is 24.6 Å². The second kappa shape index (κ2) is 8.09. The first-order valence-corrected chi connectivity index (χ1v) is 9.22. The largest absolute Gasteiger partial charge is 0.478 e. The van der Waals surface area contributed by atoms with Crippen LogP contribution >= 0.6 is 0 Å². The summed E-state index contributed by atoms with van der Waals surface area (Å²) in [7, 11) is 0. The molecular weight excluding hydrogens is 374 g/mol. The minimum absolute atomic E-state index is 0.124. The molecule has 29 heavy (non-hydrogen) atoms. The highest BCUT2D eigenvalue weighted by Gasteiger charge is 2.23. The van der Waals surface area contributed by atoms with Crippen molar-refractivity contribution in [1.82, 2.24) is 19.9 Å². The summed E-state index contributed by atoms with van der Waals surface area (Å²) in [5.74, 6) is -0.281. The monoisotopic (exact) mass is 393 g/mol. The number of anilines is 1. The maximum Gasteiger partial charge on any atom is 0.335 e. The first kappa shape index (κ1) is 18.6. The Kier molecular flexibility index (Phi) is 5.19. The lowest BCUT2D eigenvalue weighted by Gasteiger charge is -2.21. The number of rotatable bonds is 4. The summed E-state index contributed by atoms with van der Waals surface area (Å²) in [4.78, 5) is 40.6. The quantitative estimate of drug-likeness (QED) is 0.718. The second-order valence-electron chi connectivity index (χ2n) is 6.59. The number of amides is 1. The van der Waals surface area contributed by atoms with E-state index in [9.17, 15) is 14.7 Å². The van der Waals surface area contributed by atoms with Crippen LogP contribution in [0.15, 0.2) is 53.4 Å². The molecule has 1 aliphatic rings. The van der Waals surface area contributed by atoms with E-state index in [1.54, 1.807) is 29.3 Å². The summed E-state index contributed by atoms with van der Waals surface area (Å²) in [6, 6.07) is 7.98. The average Bonchev–Trinajstić information content (AvgIpc) is 3.18. The Morgan fingerprint density at radius 1 is 1.00 bits per heavy atom. The zero-order valence-corrected chi connectivity index (χ0v) is 15.6. The Balaban J connectivity index is 1.51. The number of hydrogen-bond donors (Lipinski definition) is 1. The van der Waals surface area contributed by atoms with Gasteiger partial charge < -0.3 is 19.3 Å². The van der Waals surface area contributed by atoms with E-state index in [0.29, 0.717) is 49.3 Å². The van der Waals surface area contributed by atoms with Gasteiger partial charge in [0.2, 0.25) is 5.95 Å². The standard InChI is InChI=1S/C20H19N5O4/c26-18(17-3-1-12-29-17)24-8-2-9-25(11-10-24)20-22-7-5-15(23-20)16-13-14(19(27)28)4-6-21-16/h1,3-7,12-13H,2,8-11H2,(H,27,28). The molecule has 0 radical (unpaired) electrons.